The van der Waals surface area contributed by atoms with Crippen molar-refractivity contribution in [1.82, 2.24) is 0 Å². The zero-order chi connectivity index (χ0) is 19.8. The van der Waals surface area contributed by atoms with Gasteiger partial charge in [0.25, 0.3) is 5.91 Å². The summed E-state index contributed by atoms with van der Waals surface area (Å²) < 4.78 is 21.7. The maximum atomic E-state index is 12.7. The number of amides is 1. The van der Waals surface area contributed by atoms with Crippen molar-refractivity contribution in [3.63, 3.8) is 0 Å². The number of carbonyl (C=O) groups is 1. The number of carbonyl (C=O) groups excluding carboxylic acids is 1. The van der Waals surface area contributed by atoms with E-state index >= 15 is 0 Å². The smallest absolute Gasteiger partial charge is 0.255 e. The summed E-state index contributed by atoms with van der Waals surface area (Å²) >= 11 is 6.32. The summed E-state index contributed by atoms with van der Waals surface area (Å²) in [6.45, 7) is 4.79. The Bertz CT molecular complexity index is 772. The van der Waals surface area contributed by atoms with Gasteiger partial charge >= 0.3 is 0 Å². The van der Waals surface area contributed by atoms with Gasteiger partial charge in [0.2, 0.25) is 0 Å². The molecule has 1 N–H and O–H groups in total. The molecule has 2 aromatic carbocycles. The molecule has 7 heteroatoms. The molecule has 0 saturated heterocycles. The monoisotopic (exact) mass is 393 g/mol. The third kappa shape index (κ3) is 5.44. The fourth-order valence-corrected chi connectivity index (χ4v) is 2.65. The first-order valence-corrected chi connectivity index (χ1v) is 9.03. The van der Waals surface area contributed by atoms with Crippen molar-refractivity contribution in [2.75, 3.05) is 32.8 Å². The predicted molar refractivity (Wildman–Crippen MR) is 106 cm³/mol. The molecular formula is C20H24ClNO5. The number of nitrogens with one attached hydrogen (secondary N) is 1. The summed E-state index contributed by atoms with van der Waals surface area (Å²) in [5, 5.41) is 3.13. The van der Waals surface area contributed by atoms with Gasteiger partial charge in [-0.1, -0.05) is 18.5 Å². The molecule has 0 saturated carbocycles. The second-order valence-electron chi connectivity index (χ2n) is 5.62. The third-order valence-electron chi connectivity index (χ3n) is 3.63. The van der Waals surface area contributed by atoms with Crippen LogP contribution in [0.1, 0.15) is 30.6 Å². The van der Waals surface area contributed by atoms with Crippen LogP contribution < -0.4 is 24.3 Å². The molecule has 0 bridgehead atoms. The molecule has 0 heterocycles. The lowest BCUT2D eigenvalue weighted by atomic mass is 10.1. The number of methoxy groups -OCH3 is 2. The Morgan fingerprint density at radius 3 is 2.22 bits per heavy atom. The van der Waals surface area contributed by atoms with Gasteiger partial charge in [-0.25, -0.2) is 0 Å². The number of rotatable bonds is 9. The minimum Gasteiger partial charge on any atom is -0.497 e. The Kier molecular flexibility index (Phi) is 7.61. The molecule has 0 aromatic heterocycles. The van der Waals surface area contributed by atoms with Gasteiger partial charge in [-0.3, -0.25) is 4.79 Å². The quantitative estimate of drug-likeness (QED) is 0.663. The highest BCUT2D eigenvalue weighted by Crippen LogP contribution is 2.37. The van der Waals surface area contributed by atoms with E-state index in [0.717, 1.165) is 6.42 Å². The lowest BCUT2D eigenvalue weighted by molar-refractivity contribution is 0.102. The SMILES string of the molecule is CCCOc1c(Cl)cc(C(=O)Nc2cc(OC)cc(OC)c2)cc1OCC. The molecule has 0 aliphatic rings. The molecule has 2 aromatic rings. The minimum atomic E-state index is -0.338. The average molecular weight is 394 g/mol. The second kappa shape index (κ2) is 9.92. The molecule has 0 atom stereocenters. The van der Waals surface area contributed by atoms with E-state index in [2.05, 4.69) is 5.32 Å². The van der Waals surface area contributed by atoms with Crippen LogP contribution in [0.2, 0.25) is 5.02 Å². The predicted octanol–water partition coefficient (Wildman–Crippen LogP) is 4.80. The van der Waals surface area contributed by atoms with Crippen molar-refractivity contribution >= 4 is 23.2 Å². The molecule has 27 heavy (non-hydrogen) atoms. The third-order valence-corrected chi connectivity index (χ3v) is 3.91. The first kappa shape index (κ1) is 20.7. The molecule has 6 nitrogen and oxygen atoms in total. The van der Waals surface area contributed by atoms with Crippen LogP contribution in [0.25, 0.3) is 0 Å². The molecule has 0 aliphatic carbocycles. The summed E-state index contributed by atoms with van der Waals surface area (Å²) in [5.74, 6) is 1.68. The Hall–Kier alpha value is -2.60. The first-order chi connectivity index (χ1) is 13.0. The van der Waals surface area contributed by atoms with Gasteiger partial charge in [-0.05, 0) is 25.5 Å². The van der Waals surface area contributed by atoms with Crippen LogP contribution in [0.5, 0.6) is 23.0 Å². The molecule has 2 rings (SSSR count). The number of benzene rings is 2. The topological polar surface area (TPSA) is 66.0 Å². The molecule has 0 fully saturated rings. The Labute approximate surface area is 164 Å². The Balaban J connectivity index is 2.30. The van der Waals surface area contributed by atoms with Crippen LogP contribution in [0.4, 0.5) is 5.69 Å². The molecule has 0 aliphatic heterocycles. The van der Waals surface area contributed by atoms with Gasteiger partial charge in [0, 0.05) is 29.4 Å². The Morgan fingerprint density at radius 2 is 1.67 bits per heavy atom. The molecule has 1 amide bonds. The van der Waals surface area contributed by atoms with E-state index in [4.69, 9.17) is 30.5 Å². The summed E-state index contributed by atoms with van der Waals surface area (Å²) in [4.78, 5) is 12.7. The van der Waals surface area contributed by atoms with E-state index in [-0.39, 0.29) is 5.91 Å². The van der Waals surface area contributed by atoms with Crippen molar-refractivity contribution in [2.45, 2.75) is 20.3 Å². The molecule has 0 spiro atoms. The van der Waals surface area contributed by atoms with Crippen LogP contribution >= 0.6 is 11.6 Å². The zero-order valence-corrected chi connectivity index (χ0v) is 16.7. The van der Waals surface area contributed by atoms with Crippen molar-refractivity contribution in [1.29, 1.82) is 0 Å². The summed E-state index contributed by atoms with van der Waals surface area (Å²) in [5.41, 5.74) is 0.894. The highest BCUT2D eigenvalue weighted by Gasteiger charge is 2.17. The molecule has 146 valence electrons. The van der Waals surface area contributed by atoms with Crippen LogP contribution in [0.3, 0.4) is 0 Å². The first-order valence-electron chi connectivity index (χ1n) is 8.65. The summed E-state index contributed by atoms with van der Waals surface area (Å²) in [6.07, 6.45) is 0.835. The number of hydrogen-bond donors (Lipinski definition) is 1. The standard InChI is InChI=1S/C20H24ClNO5/c1-5-7-27-19-17(21)8-13(9-18(19)26-6-2)20(23)22-14-10-15(24-3)12-16(11-14)25-4/h8-12H,5-7H2,1-4H3,(H,22,23). The van der Waals surface area contributed by atoms with E-state index in [1.807, 2.05) is 13.8 Å². The fourth-order valence-electron chi connectivity index (χ4n) is 2.39. The van der Waals surface area contributed by atoms with Crippen molar-refractivity contribution in [3.8, 4) is 23.0 Å². The zero-order valence-electron chi connectivity index (χ0n) is 15.9. The van der Waals surface area contributed by atoms with Gasteiger partial charge in [0.05, 0.1) is 32.5 Å². The van der Waals surface area contributed by atoms with E-state index in [1.165, 1.54) is 0 Å². The summed E-state index contributed by atoms with van der Waals surface area (Å²) in [6, 6.07) is 8.29. The Morgan fingerprint density at radius 1 is 1.00 bits per heavy atom. The van der Waals surface area contributed by atoms with E-state index < -0.39 is 0 Å². The van der Waals surface area contributed by atoms with Crippen LogP contribution in [-0.4, -0.2) is 33.3 Å². The minimum absolute atomic E-state index is 0.322. The van der Waals surface area contributed by atoms with Gasteiger partial charge in [0.1, 0.15) is 11.5 Å². The number of anilines is 1. The van der Waals surface area contributed by atoms with Crippen LogP contribution in [-0.2, 0) is 0 Å². The average Bonchev–Trinajstić information content (AvgIpc) is 2.67. The molecule has 0 unspecified atom stereocenters. The number of ether oxygens (including phenoxy) is 4. The maximum absolute atomic E-state index is 12.7. The molecule has 0 radical (unpaired) electrons. The van der Waals surface area contributed by atoms with Crippen molar-refractivity contribution < 1.29 is 23.7 Å². The van der Waals surface area contributed by atoms with Gasteiger partial charge in [-0.15, -0.1) is 0 Å². The lowest BCUT2D eigenvalue weighted by Gasteiger charge is -2.15. The highest BCUT2D eigenvalue weighted by molar-refractivity contribution is 6.32. The van der Waals surface area contributed by atoms with Crippen molar-refractivity contribution in [3.05, 3.63) is 40.9 Å². The van der Waals surface area contributed by atoms with Crippen LogP contribution in [0, 0.1) is 0 Å². The van der Waals surface area contributed by atoms with Crippen molar-refractivity contribution in [2.24, 2.45) is 0 Å². The number of halogens is 1. The van der Waals surface area contributed by atoms with Crippen LogP contribution in [0.15, 0.2) is 30.3 Å². The second-order valence-corrected chi connectivity index (χ2v) is 6.03. The van der Waals surface area contributed by atoms with Gasteiger partial charge in [0.15, 0.2) is 11.5 Å². The van der Waals surface area contributed by atoms with Gasteiger partial charge in [-0.2, -0.15) is 0 Å². The maximum Gasteiger partial charge on any atom is 0.255 e. The van der Waals surface area contributed by atoms with Gasteiger partial charge < -0.3 is 24.3 Å². The summed E-state index contributed by atoms with van der Waals surface area (Å²) in [7, 11) is 3.09. The largest absolute Gasteiger partial charge is 0.497 e. The normalized spacial score (nSPS) is 10.3. The fraction of sp³-hybridized carbons (Fsp3) is 0.350. The number of hydrogen-bond acceptors (Lipinski definition) is 5. The highest BCUT2D eigenvalue weighted by atomic mass is 35.5. The van der Waals surface area contributed by atoms with E-state index in [9.17, 15) is 4.79 Å². The molecular weight excluding hydrogens is 370 g/mol. The van der Waals surface area contributed by atoms with E-state index in [0.29, 0.717) is 52.5 Å². The lowest BCUT2D eigenvalue weighted by Crippen LogP contribution is -2.13. The van der Waals surface area contributed by atoms with E-state index in [1.54, 1.807) is 44.6 Å².